The van der Waals surface area contributed by atoms with E-state index < -0.39 is 0 Å². The van der Waals surface area contributed by atoms with Crippen LogP contribution in [0.25, 0.3) is 110 Å². The molecule has 0 unspecified atom stereocenters. The van der Waals surface area contributed by atoms with E-state index in [-0.39, 0.29) is 0 Å². The topological polar surface area (TPSA) is 16.4 Å². The summed E-state index contributed by atoms with van der Waals surface area (Å²) in [5.41, 5.74) is 18.6. The smallest absolute Gasteiger partial charge is 0.143 e. The summed E-state index contributed by atoms with van der Waals surface area (Å²) < 4.78 is 7.61. The lowest BCUT2D eigenvalue weighted by Crippen LogP contribution is -2.09. The lowest BCUT2D eigenvalue weighted by molar-refractivity contribution is 0.666. The third-order valence-corrected chi connectivity index (χ3v) is 13.9. The first-order valence-corrected chi connectivity index (χ1v) is 24.0. The minimum atomic E-state index is 0.859. The van der Waals surface area contributed by atoms with E-state index in [2.05, 4.69) is 278 Å². The molecule has 328 valence electrons. The summed E-state index contributed by atoms with van der Waals surface area (Å²) in [5.74, 6) is 0. The van der Waals surface area contributed by atoms with E-state index in [4.69, 9.17) is 4.42 Å². The van der Waals surface area contributed by atoms with Gasteiger partial charge in [0.25, 0.3) is 0 Å². The van der Waals surface area contributed by atoms with Crippen molar-refractivity contribution in [2.45, 2.75) is 0 Å². The van der Waals surface area contributed by atoms with Gasteiger partial charge in [0.05, 0.1) is 0 Å². The molecule has 0 aliphatic heterocycles. The van der Waals surface area contributed by atoms with E-state index in [0.717, 1.165) is 83.2 Å². The van der Waals surface area contributed by atoms with Gasteiger partial charge in [0.1, 0.15) is 11.2 Å². The van der Waals surface area contributed by atoms with Crippen molar-refractivity contribution in [3.05, 3.63) is 273 Å². The maximum atomic E-state index is 7.61. The van der Waals surface area contributed by atoms with Crippen molar-refractivity contribution in [3.63, 3.8) is 0 Å². The molecule has 1 heterocycles. The molecule has 13 rings (SSSR count). The quantitative estimate of drug-likeness (QED) is 0.144. The van der Waals surface area contributed by atoms with Crippen LogP contribution in [0.1, 0.15) is 0 Å². The zero-order chi connectivity index (χ0) is 46.4. The summed E-state index contributed by atoms with van der Waals surface area (Å²) in [5, 5.41) is 6.84. The Bertz CT molecular complexity index is 3850. The molecule has 0 atom stereocenters. The van der Waals surface area contributed by atoms with E-state index in [9.17, 15) is 0 Å². The third kappa shape index (κ3) is 7.40. The Morgan fingerprint density at radius 3 is 0.957 bits per heavy atom. The molecule has 0 fully saturated rings. The average molecular weight is 892 g/mol. The maximum Gasteiger partial charge on any atom is 0.143 e. The van der Waals surface area contributed by atoms with Gasteiger partial charge in [0.2, 0.25) is 0 Å². The van der Waals surface area contributed by atoms with Gasteiger partial charge in [-0.05, 0) is 144 Å². The van der Waals surface area contributed by atoms with E-state index in [0.29, 0.717) is 0 Å². The van der Waals surface area contributed by atoms with Gasteiger partial charge in [0.15, 0.2) is 0 Å². The number of rotatable bonds is 9. The number of anilines is 3. The number of benzene rings is 12. The van der Waals surface area contributed by atoms with Crippen LogP contribution in [0.5, 0.6) is 0 Å². The van der Waals surface area contributed by atoms with E-state index in [1.165, 1.54) is 44.2 Å². The van der Waals surface area contributed by atoms with Gasteiger partial charge in [-0.25, -0.2) is 0 Å². The Kier molecular flexibility index (Phi) is 10.2. The molecule has 0 spiro atoms. The summed E-state index contributed by atoms with van der Waals surface area (Å²) in [7, 11) is 0. The maximum absolute atomic E-state index is 7.61. The normalized spacial score (nSPS) is 11.4. The first-order chi connectivity index (χ1) is 34.7. The molecule has 0 aliphatic carbocycles. The molecule has 70 heavy (non-hydrogen) atoms. The summed E-state index contributed by atoms with van der Waals surface area (Å²) in [6.07, 6.45) is 0. The molecule has 0 bridgehead atoms. The van der Waals surface area contributed by atoms with Crippen LogP contribution >= 0.6 is 0 Å². The van der Waals surface area contributed by atoms with Crippen molar-refractivity contribution in [3.8, 4) is 66.8 Å². The highest BCUT2D eigenvalue weighted by Crippen LogP contribution is 2.45. The number of nitrogens with zero attached hydrogens (tertiary/aromatic N) is 1. The van der Waals surface area contributed by atoms with Crippen molar-refractivity contribution < 1.29 is 4.42 Å². The van der Waals surface area contributed by atoms with E-state index >= 15 is 0 Å². The summed E-state index contributed by atoms with van der Waals surface area (Å²) in [6.45, 7) is 0. The first kappa shape index (κ1) is 41.0. The SMILES string of the molecule is c1ccc(-c2ccc(N(c3ccc(-c4ccccc4)cc3)c3ccc(-c4ccc5cccc6c7cccc8ccc(-c9cc(-c%10ccccc%10)cc(-c%10ccccc%10)c9)c(oc4c56)c87)cc3)cc2)cc1. The summed E-state index contributed by atoms with van der Waals surface area (Å²) >= 11 is 0. The highest BCUT2D eigenvalue weighted by atomic mass is 16.3. The molecule has 12 aromatic carbocycles. The zero-order valence-corrected chi connectivity index (χ0v) is 38.3. The number of fused-ring (bicyclic) bond motifs is 1. The Labute approximate surface area is 407 Å². The monoisotopic (exact) mass is 891 g/mol. The minimum absolute atomic E-state index is 0.859. The second kappa shape index (κ2) is 17.4. The molecule has 2 nitrogen and oxygen atoms in total. The molecule has 0 saturated heterocycles. The summed E-state index contributed by atoms with van der Waals surface area (Å²) in [4.78, 5) is 2.34. The molecule has 13 aromatic rings. The fourth-order valence-electron chi connectivity index (χ4n) is 10.4. The van der Waals surface area contributed by atoms with E-state index in [1.54, 1.807) is 0 Å². The predicted molar refractivity (Wildman–Crippen MR) is 296 cm³/mol. The first-order valence-electron chi connectivity index (χ1n) is 24.0. The largest absolute Gasteiger partial charge is 0.455 e. The molecule has 1 aromatic heterocycles. The van der Waals surface area contributed by atoms with Crippen LogP contribution in [0.3, 0.4) is 0 Å². The van der Waals surface area contributed by atoms with Crippen LogP contribution in [-0.4, -0.2) is 0 Å². The Morgan fingerprint density at radius 2 is 0.557 bits per heavy atom. The second-order valence-electron chi connectivity index (χ2n) is 18.0. The molecule has 0 amide bonds. The molecule has 0 radical (unpaired) electrons. The van der Waals surface area contributed by atoms with Crippen LogP contribution in [-0.2, 0) is 0 Å². The van der Waals surface area contributed by atoms with Crippen molar-refractivity contribution in [2.75, 3.05) is 4.90 Å². The molecular weight excluding hydrogens is 847 g/mol. The summed E-state index contributed by atoms with van der Waals surface area (Å²) in [6, 6.07) is 98.4. The Balaban J connectivity index is 0.989. The van der Waals surface area contributed by atoms with Gasteiger partial charge in [-0.2, -0.15) is 0 Å². The molecule has 0 N–H and O–H groups in total. The lowest BCUT2D eigenvalue weighted by Gasteiger charge is -2.26. The van der Waals surface area contributed by atoms with Crippen molar-refractivity contribution in [1.82, 2.24) is 0 Å². The average Bonchev–Trinajstić information content (AvgIpc) is 3.59. The van der Waals surface area contributed by atoms with Gasteiger partial charge in [-0.3, -0.25) is 0 Å². The Morgan fingerprint density at radius 1 is 0.229 bits per heavy atom. The number of hydrogen-bond acceptors (Lipinski definition) is 2. The predicted octanol–water partition coefficient (Wildman–Crippen LogP) is 19.4. The minimum Gasteiger partial charge on any atom is -0.455 e. The highest BCUT2D eigenvalue weighted by Gasteiger charge is 2.20. The molecule has 0 saturated carbocycles. The number of hydrogen-bond donors (Lipinski definition) is 0. The van der Waals surface area contributed by atoms with Crippen molar-refractivity contribution >= 4 is 60.5 Å². The van der Waals surface area contributed by atoms with Gasteiger partial charge >= 0.3 is 0 Å². The van der Waals surface area contributed by atoms with Crippen molar-refractivity contribution in [2.24, 2.45) is 0 Å². The van der Waals surface area contributed by atoms with Gasteiger partial charge in [-0.15, -0.1) is 0 Å². The van der Waals surface area contributed by atoms with Crippen LogP contribution < -0.4 is 4.90 Å². The van der Waals surface area contributed by atoms with E-state index in [1.807, 2.05) is 0 Å². The molecule has 0 aliphatic rings. The third-order valence-electron chi connectivity index (χ3n) is 13.9. The second-order valence-corrected chi connectivity index (χ2v) is 18.0. The van der Waals surface area contributed by atoms with Gasteiger partial charge < -0.3 is 9.32 Å². The molecular formula is C68H45NO. The lowest BCUT2D eigenvalue weighted by atomic mass is 9.91. The zero-order valence-electron chi connectivity index (χ0n) is 38.3. The Hall–Kier alpha value is -9.24. The highest BCUT2D eigenvalue weighted by molar-refractivity contribution is 6.26. The van der Waals surface area contributed by atoms with Crippen LogP contribution in [0.15, 0.2) is 277 Å². The fraction of sp³-hybridized carbons (Fsp3) is 0. The van der Waals surface area contributed by atoms with Crippen molar-refractivity contribution in [1.29, 1.82) is 0 Å². The van der Waals surface area contributed by atoms with Crippen LogP contribution in [0.4, 0.5) is 17.1 Å². The standard InChI is InChI=1S/C68H45NO/c1-5-15-46(16-6-1)50-27-35-58(36-28-50)69(59-37-29-51(30-38-59)47-17-7-2-8-18-47)60-39-31-52(32-40-60)61-41-33-53-23-13-25-63-64-26-14-24-54-34-42-62(68(66(54)64)70-67(61)65(53)63)57-44-55(48-19-9-3-10-20-48)43-56(45-57)49-21-11-4-12-22-49/h1-45H. The van der Waals surface area contributed by atoms with Gasteiger partial charge in [0, 0.05) is 39.0 Å². The van der Waals surface area contributed by atoms with Crippen LogP contribution in [0, 0.1) is 0 Å². The molecule has 2 heteroatoms. The van der Waals surface area contributed by atoms with Gasteiger partial charge in [-0.1, -0.05) is 206 Å². The fourth-order valence-corrected chi connectivity index (χ4v) is 10.4. The van der Waals surface area contributed by atoms with Crippen LogP contribution in [0.2, 0.25) is 0 Å².